The van der Waals surface area contributed by atoms with Crippen molar-refractivity contribution < 1.29 is 0 Å². The van der Waals surface area contributed by atoms with E-state index in [1.807, 2.05) is 0 Å². The van der Waals surface area contributed by atoms with E-state index in [2.05, 4.69) is 11.8 Å². The Hall–Kier alpha value is -0.0400. The van der Waals surface area contributed by atoms with Gasteiger partial charge in [-0.2, -0.15) is 0 Å². The van der Waals surface area contributed by atoms with E-state index < -0.39 is 0 Å². The normalized spacial score (nSPS) is 45.9. The molecule has 0 aromatic carbocycles. The molecule has 3 aliphatic heterocycles. The van der Waals surface area contributed by atoms with Crippen molar-refractivity contribution in [2.75, 3.05) is 19.6 Å². The summed E-state index contributed by atoms with van der Waals surface area (Å²) in [6.07, 6.45) is 4.04. The third kappa shape index (κ3) is 0.968. The maximum atomic E-state index is 4.00. The van der Waals surface area contributed by atoms with E-state index in [4.69, 9.17) is 0 Å². The van der Waals surface area contributed by atoms with Crippen LogP contribution in [0.1, 0.15) is 19.3 Å². The second-order valence-corrected chi connectivity index (χ2v) is 3.69. The first kappa shape index (κ1) is 6.66. The van der Waals surface area contributed by atoms with Crippen LogP contribution in [0, 0.1) is 18.8 Å². The highest BCUT2D eigenvalue weighted by atomic mass is 15.1. The van der Waals surface area contributed by atoms with E-state index in [-0.39, 0.29) is 0 Å². The molecule has 3 saturated heterocycles. The minimum atomic E-state index is 0.933. The lowest BCUT2D eigenvalue weighted by Gasteiger charge is -2.44. The third-order valence-electron chi connectivity index (χ3n) is 3.16. The van der Waals surface area contributed by atoms with E-state index in [0.717, 1.165) is 18.3 Å². The van der Waals surface area contributed by atoms with Gasteiger partial charge >= 0.3 is 0 Å². The second-order valence-electron chi connectivity index (χ2n) is 3.69. The van der Waals surface area contributed by atoms with Gasteiger partial charge < -0.3 is 4.90 Å². The van der Waals surface area contributed by atoms with Gasteiger partial charge in [-0.1, -0.05) is 6.92 Å². The highest BCUT2D eigenvalue weighted by molar-refractivity contribution is 4.86. The molecule has 3 fully saturated rings. The Morgan fingerprint density at radius 2 is 2.00 bits per heavy atom. The number of hydrogen-bond donors (Lipinski definition) is 0. The standard InChI is InChI=1S/C9H16N/c1-2-8-7-10-5-3-9(8)4-6-10/h8-9H,1-7H2/t8-/m1/s1. The summed E-state index contributed by atoms with van der Waals surface area (Å²) in [5.41, 5.74) is 0. The zero-order valence-corrected chi connectivity index (χ0v) is 6.55. The summed E-state index contributed by atoms with van der Waals surface area (Å²) >= 11 is 0. The minimum absolute atomic E-state index is 0.933. The zero-order chi connectivity index (χ0) is 6.97. The van der Waals surface area contributed by atoms with Crippen LogP contribution in [0.25, 0.3) is 0 Å². The molecule has 0 aromatic rings. The van der Waals surface area contributed by atoms with Crippen molar-refractivity contribution in [3.05, 3.63) is 6.92 Å². The van der Waals surface area contributed by atoms with E-state index in [9.17, 15) is 0 Å². The predicted molar refractivity (Wildman–Crippen MR) is 42.6 cm³/mol. The van der Waals surface area contributed by atoms with Crippen molar-refractivity contribution in [2.45, 2.75) is 19.3 Å². The maximum Gasteiger partial charge on any atom is 0.00123 e. The van der Waals surface area contributed by atoms with Crippen molar-refractivity contribution in [3.8, 4) is 0 Å². The first-order valence-corrected chi connectivity index (χ1v) is 4.42. The second kappa shape index (κ2) is 2.54. The lowest BCUT2D eigenvalue weighted by atomic mass is 9.78. The van der Waals surface area contributed by atoms with Gasteiger partial charge in [-0.3, -0.25) is 0 Å². The summed E-state index contributed by atoms with van der Waals surface area (Å²) in [5.74, 6) is 1.96. The van der Waals surface area contributed by atoms with Crippen LogP contribution >= 0.6 is 0 Å². The van der Waals surface area contributed by atoms with Crippen molar-refractivity contribution in [1.82, 2.24) is 4.90 Å². The largest absolute Gasteiger partial charge is 0.303 e. The van der Waals surface area contributed by atoms with Crippen molar-refractivity contribution in [3.63, 3.8) is 0 Å². The molecule has 1 radical (unpaired) electrons. The lowest BCUT2D eigenvalue weighted by Crippen LogP contribution is -2.47. The molecule has 0 aromatic heterocycles. The molecule has 3 aliphatic rings. The van der Waals surface area contributed by atoms with Gasteiger partial charge in [-0.25, -0.2) is 0 Å². The Morgan fingerprint density at radius 3 is 2.30 bits per heavy atom. The van der Waals surface area contributed by atoms with Crippen LogP contribution < -0.4 is 0 Å². The van der Waals surface area contributed by atoms with Gasteiger partial charge in [0.15, 0.2) is 0 Å². The average molecular weight is 138 g/mol. The van der Waals surface area contributed by atoms with Crippen molar-refractivity contribution >= 4 is 0 Å². The number of rotatable bonds is 1. The monoisotopic (exact) mass is 138 g/mol. The Kier molecular flexibility index (Phi) is 1.69. The molecule has 0 N–H and O–H groups in total. The molecule has 3 heterocycles. The fraction of sp³-hybridized carbons (Fsp3) is 0.889. The first-order valence-electron chi connectivity index (χ1n) is 4.42. The van der Waals surface area contributed by atoms with Gasteiger partial charge in [0.1, 0.15) is 0 Å². The molecule has 0 aliphatic carbocycles. The van der Waals surface area contributed by atoms with Gasteiger partial charge in [0, 0.05) is 6.54 Å². The number of piperidine rings is 3. The molecule has 3 rings (SSSR count). The summed E-state index contributed by atoms with van der Waals surface area (Å²) in [7, 11) is 0. The summed E-state index contributed by atoms with van der Waals surface area (Å²) in [5, 5.41) is 0. The molecule has 57 valence electrons. The number of fused-ring (bicyclic) bond motifs is 3. The van der Waals surface area contributed by atoms with Crippen LogP contribution in [0.5, 0.6) is 0 Å². The Morgan fingerprint density at radius 1 is 1.30 bits per heavy atom. The fourth-order valence-corrected chi connectivity index (χ4v) is 2.41. The van der Waals surface area contributed by atoms with E-state index >= 15 is 0 Å². The highest BCUT2D eigenvalue weighted by Gasteiger charge is 2.32. The smallest absolute Gasteiger partial charge is 0.00123 e. The average Bonchev–Trinajstić information content (AvgIpc) is 2.06. The maximum absolute atomic E-state index is 4.00. The van der Waals surface area contributed by atoms with Gasteiger partial charge in [0.05, 0.1) is 0 Å². The predicted octanol–water partition coefficient (Wildman–Crippen LogP) is 1.55. The first-order chi connectivity index (χ1) is 4.90. The lowest BCUT2D eigenvalue weighted by molar-refractivity contribution is 0.0522. The van der Waals surface area contributed by atoms with E-state index in [1.165, 1.54) is 32.5 Å². The molecule has 1 atom stereocenters. The molecule has 0 spiro atoms. The summed E-state index contributed by atoms with van der Waals surface area (Å²) in [6, 6.07) is 0. The molecule has 10 heavy (non-hydrogen) atoms. The molecule has 0 saturated carbocycles. The Balaban J connectivity index is 2.01. The third-order valence-corrected chi connectivity index (χ3v) is 3.16. The van der Waals surface area contributed by atoms with Crippen LogP contribution in [0.4, 0.5) is 0 Å². The van der Waals surface area contributed by atoms with Crippen LogP contribution in [0.15, 0.2) is 0 Å². The topological polar surface area (TPSA) is 3.24 Å². The summed E-state index contributed by atoms with van der Waals surface area (Å²) in [6.45, 7) is 8.07. The van der Waals surface area contributed by atoms with Gasteiger partial charge in [-0.05, 0) is 44.2 Å². The molecule has 1 heteroatoms. The van der Waals surface area contributed by atoms with Crippen molar-refractivity contribution in [2.24, 2.45) is 11.8 Å². The molecule has 2 bridgehead atoms. The molecular weight excluding hydrogens is 122 g/mol. The number of hydrogen-bond acceptors (Lipinski definition) is 1. The van der Waals surface area contributed by atoms with Gasteiger partial charge in [0.25, 0.3) is 0 Å². The van der Waals surface area contributed by atoms with E-state index in [1.54, 1.807) is 0 Å². The van der Waals surface area contributed by atoms with E-state index in [0.29, 0.717) is 0 Å². The van der Waals surface area contributed by atoms with Crippen LogP contribution in [-0.2, 0) is 0 Å². The highest BCUT2D eigenvalue weighted by Crippen LogP contribution is 2.33. The van der Waals surface area contributed by atoms with Crippen molar-refractivity contribution in [1.29, 1.82) is 0 Å². The van der Waals surface area contributed by atoms with Crippen LogP contribution in [0.3, 0.4) is 0 Å². The van der Waals surface area contributed by atoms with Gasteiger partial charge in [0.2, 0.25) is 0 Å². The zero-order valence-electron chi connectivity index (χ0n) is 6.55. The van der Waals surface area contributed by atoms with Gasteiger partial charge in [-0.15, -0.1) is 0 Å². The van der Waals surface area contributed by atoms with Crippen LogP contribution in [-0.4, -0.2) is 24.5 Å². The molecule has 0 unspecified atom stereocenters. The molecular formula is C9H16N. The summed E-state index contributed by atoms with van der Waals surface area (Å²) in [4.78, 5) is 2.59. The molecule has 1 nitrogen and oxygen atoms in total. The van der Waals surface area contributed by atoms with Crippen LogP contribution in [0.2, 0.25) is 0 Å². The Bertz CT molecular complexity index is 114. The SMILES string of the molecule is [CH2]C[C@@H]1CN2CCC1CC2. The molecule has 0 amide bonds. The summed E-state index contributed by atoms with van der Waals surface area (Å²) < 4.78 is 0. The quantitative estimate of drug-likeness (QED) is 0.531. The Labute approximate surface area is 63.4 Å². The number of nitrogens with zero attached hydrogens (tertiary/aromatic N) is 1. The fourth-order valence-electron chi connectivity index (χ4n) is 2.41. The minimum Gasteiger partial charge on any atom is -0.303 e.